The average Bonchev–Trinajstić information content (AvgIpc) is 2.79. The number of para-hydroxylation sites is 1. The second kappa shape index (κ2) is 9.83. The molecule has 3 aromatic carbocycles. The van der Waals surface area contributed by atoms with E-state index in [1.807, 2.05) is 60.7 Å². The van der Waals surface area contributed by atoms with Gasteiger partial charge in [0.05, 0.1) is 14.2 Å². The summed E-state index contributed by atoms with van der Waals surface area (Å²) in [4.78, 5) is 14.4. The van der Waals surface area contributed by atoms with E-state index in [4.69, 9.17) is 14.2 Å². The van der Waals surface area contributed by atoms with Gasteiger partial charge in [0.1, 0.15) is 5.75 Å². The number of likely N-dealkylation sites (N-methyl/N-ethyl adjacent to an activating group) is 1. The Hall–Kier alpha value is -3.47. The highest BCUT2D eigenvalue weighted by atomic mass is 16.5. The summed E-state index contributed by atoms with van der Waals surface area (Å²) in [5.41, 5.74) is 3.11. The van der Waals surface area contributed by atoms with E-state index >= 15 is 0 Å². The van der Waals surface area contributed by atoms with Crippen molar-refractivity contribution in [2.45, 2.75) is 19.6 Å². The molecule has 1 unspecified atom stereocenters. The van der Waals surface area contributed by atoms with E-state index in [-0.39, 0.29) is 5.91 Å². The van der Waals surface area contributed by atoms with Crippen LogP contribution in [-0.4, -0.2) is 38.2 Å². The third kappa shape index (κ3) is 4.92. The maximum atomic E-state index is 12.8. The summed E-state index contributed by atoms with van der Waals surface area (Å²) >= 11 is 0. The molecule has 0 saturated carbocycles. The number of nitrogens with zero attached hydrogens (tertiary/aromatic N) is 1. The summed E-state index contributed by atoms with van der Waals surface area (Å²) in [6.07, 6.45) is -0.617. The van der Waals surface area contributed by atoms with Gasteiger partial charge in [-0.2, -0.15) is 0 Å². The molecule has 0 aliphatic rings. The Bertz CT molecular complexity index is 970. The van der Waals surface area contributed by atoms with E-state index in [9.17, 15) is 4.79 Å². The van der Waals surface area contributed by atoms with Gasteiger partial charge in [0.15, 0.2) is 17.6 Å². The summed E-state index contributed by atoms with van der Waals surface area (Å²) < 4.78 is 16.7. The number of carbonyl (C=O) groups excluding carboxylic acids is 1. The topological polar surface area (TPSA) is 48.0 Å². The summed E-state index contributed by atoms with van der Waals surface area (Å²) in [6, 6.07) is 23.5. The molecule has 0 bridgehead atoms. The molecule has 0 N–H and O–H groups in total. The average molecular weight is 405 g/mol. The minimum absolute atomic E-state index is 0.119. The van der Waals surface area contributed by atoms with Crippen molar-refractivity contribution in [3.63, 3.8) is 0 Å². The van der Waals surface area contributed by atoms with Gasteiger partial charge in [-0.1, -0.05) is 54.6 Å². The molecular formula is C25H27NO4. The van der Waals surface area contributed by atoms with Gasteiger partial charge in [-0.15, -0.1) is 0 Å². The highest BCUT2D eigenvalue weighted by Gasteiger charge is 2.21. The quantitative estimate of drug-likeness (QED) is 0.540. The molecule has 0 fully saturated rings. The van der Waals surface area contributed by atoms with Gasteiger partial charge in [0.25, 0.3) is 5.91 Å². The molecule has 1 atom stereocenters. The molecule has 0 aliphatic carbocycles. The van der Waals surface area contributed by atoms with Crippen LogP contribution in [0, 0.1) is 0 Å². The van der Waals surface area contributed by atoms with Crippen LogP contribution in [0.15, 0.2) is 72.8 Å². The van der Waals surface area contributed by atoms with Crippen LogP contribution in [0.3, 0.4) is 0 Å². The zero-order valence-corrected chi connectivity index (χ0v) is 17.8. The lowest BCUT2D eigenvalue weighted by molar-refractivity contribution is -0.137. The lowest BCUT2D eigenvalue weighted by Crippen LogP contribution is -2.37. The predicted octanol–water partition coefficient (Wildman–Crippen LogP) is 4.80. The highest BCUT2D eigenvalue weighted by Crippen LogP contribution is 2.31. The molecule has 30 heavy (non-hydrogen) atoms. The van der Waals surface area contributed by atoms with Crippen molar-refractivity contribution in [3.8, 4) is 28.4 Å². The van der Waals surface area contributed by atoms with Crippen LogP contribution in [-0.2, 0) is 11.3 Å². The molecule has 5 heteroatoms. The molecule has 0 aliphatic heterocycles. The third-order valence-electron chi connectivity index (χ3n) is 4.89. The maximum Gasteiger partial charge on any atom is 0.263 e. The SMILES string of the molecule is COc1cccc(CN(C)C(=O)C(C)Oc2ccc(-c3ccccc3)cc2)c1OC. The molecule has 0 radical (unpaired) electrons. The van der Waals surface area contributed by atoms with E-state index in [0.29, 0.717) is 23.8 Å². The summed E-state index contributed by atoms with van der Waals surface area (Å²) in [5.74, 6) is 1.80. The first-order chi connectivity index (χ1) is 14.5. The zero-order valence-electron chi connectivity index (χ0n) is 17.8. The molecule has 156 valence electrons. The fraction of sp³-hybridized carbons (Fsp3) is 0.240. The fourth-order valence-corrected chi connectivity index (χ4v) is 3.33. The van der Waals surface area contributed by atoms with Gasteiger partial charge in [0.2, 0.25) is 0 Å². The first kappa shape index (κ1) is 21.2. The van der Waals surface area contributed by atoms with Crippen LogP contribution >= 0.6 is 0 Å². The van der Waals surface area contributed by atoms with Crippen molar-refractivity contribution >= 4 is 5.91 Å². The molecule has 0 heterocycles. The standard InChI is InChI=1S/C25H27NO4/c1-18(30-22-15-13-20(14-16-22)19-9-6-5-7-10-19)25(27)26(2)17-21-11-8-12-23(28-3)24(21)29-4/h5-16,18H,17H2,1-4H3. The number of amides is 1. The van der Waals surface area contributed by atoms with Gasteiger partial charge in [-0.3, -0.25) is 4.79 Å². The van der Waals surface area contributed by atoms with E-state index in [1.54, 1.807) is 33.1 Å². The van der Waals surface area contributed by atoms with Crippen molar-refractivity contribution in [3.05, 3.63) is 78.4 Å². The minimum Gasteiger partial charge on any atom is -0.493 e. The van der Waals surface area contributed by atoms with Gasteiger partial charge in [-0.25, -0.2) is 0 Å². The van der Waals surface area contributed by atoms with Crippen molar-refractivity contribution in [2.75, 3.05) is 21.3 Å². The molecule has 3 aromatic rings. The Labute approximate surface area is 177 Å². The van der Waals surface area contributed by atoms with Gasteiger partial charge < -0.3 is 19.1 Å². The van der Waals surface area contributed by atoms with Gasteiger partial charge in [0, 0.05) is 19.2 Å². The maximum absolute atomic E-state index is 12.8. The Morgan fingerprint density at radius 3 is 2.17 bits per heavy atom. The number of carbonyl (C=O) groups is 1. The molecule has 1 amide bonds. The van der Waals surface area contributed by atoms with E-state index < -0.39 is 6.10 Å². The first-order valence-electron chi connectivity index (χ1n) is 9.80. The zero-order chi connectivity index (χ0) is 21.5. The fourth-order valence-electron chi connectivity index (χ4n) is 3.33. The summed E-state index contributed by atoms with van der Waals surface area (Å²) in [6.45, 7) is 2.15. The van der Waals surface area contributed by atoms with Crippen LogP contribution in [0.4, 0.5) is 0 Å². The van der Waals surface area contributed by atoms with E-state index in [1.165, 1.54) is 0 Å². The highest BCUT2D eigenvalue weighted by molar-refractivity contribution is 5.80. The van der Waals surface area contributed by atoms with Crippen LogP contribution in [0.5, 0.6) is 17.2 Å². The lowest BCUT2D eigenvalue weighted by atomic mass is 10.1. The summed E-state index contributed by atoms with van der Waals surface area (Å²) in [5, 5.41) is 0. The molecule has 0 saturated heterocycles. The smallest absolute Gasteiger partial charge is 0.263 e. The Morgan fingerprint density at radius 1 is 0.867 bits per heavy atom. The number of rotatable bonds is 8. The molecule has 5 nitrogen and oxygen atoms in total. The largest absolute Gasteiger partial charge is 0.493 e. The Kier molecular flexibility index (Phi) is 6.96. The van der Waals surface area contributed by atoms with Crippen molar-refractivity contribution in [1.82, 2.24) is 4.90 Å². The number of hydrogen-bond donors (Lipinski definition) is 0. The van der Waals surface area contributed by atoms with E-state index in [2.05, 4.69) is 12.1 Å². The second-order valence-corrected chi connectivity index (χ2v) is 7.00. The minimum atomic E-state index is -0.617. The number of methoxy groups -OCH3 is 2. The molecule has 0 spiro atoms. The summed E-state index contributed by atoms with van der Waals surface area (Å²) in [7, 11) is 4.93. The van der Waals surface area contributed by atoms with Crippen LogP contribution in [0.25, 0.3) is 11.1 Å². The molecule has 0 aromatic heterocycles. The second-order valence-electron chi connectivity index (χ2n) is 7.00. The first-order valence-corrected chi connectivity index (χ1v) is 9.80. The van der Waals surface area contributed by atoms with Gasteiger partial charge >= 0.3 is 0 Å². The Balaban J connectivity index is 1.64. The van der Waals surface area contributed by atoms with Crippen LogP contribution < -0.4 is 14.2 Å². The van der Waals surface area contributed by atoms with Gasteiger partial charge in [-0.05, 0) is 36.2 Å². The number of benzene rings is 3. The van der Waals surface area contributed by atoms with Crippen molar-refractivity contribution in [1.29, 1.82) is 0 Å². The number of hydrogen-bond acceptors (Lipinski definition) is 4. The van der Waals surface area contributed by atoms with Crippen molar-refractivity contribution in [2.24, 2.45) is 0 Å². The predicted molar refractivity (Wildman–Crippen MR) is 118 cm³/mol. The lowest BCUT2D eigenvalue weighted by Gasteiger charge is -2.23. The van der Waals surface area contributed by atoms with E-state index in [0.717, 1.165) is 16.7 Å². The molecular weight excluding hydrogens is 378 g/mol. The molecule has 3 rings (SSSR count). The van der Waals surface area contributed by atoms with Crippen molar-refractivity contribution < 1.29 is 19.0 Å². The number of ether oxygens (including phenoxy) is 3. The monoisotopic (exact) mass is 405 g/mol. The third-order valence-corrected chi connectivity index (χ3v) is 4.89. The van der Waals surface area contributed by atoms with Crippen LogP contribution in [0.2, 0.25) is 0 Å². The van der Waals surface area contributed by atoms with Crippen LogP contribution in [0.1, 0.15) is 12.5 Å². The Morgan fingerprint density at radius 2 is 1.53 bits per heavy atom. The normalized spacial score (nSPS) is 11.5.